The highest BCUT2D eigenvalue weighted by Gasteiger charge is 2.05. The van der Waals surface area contributed by atoms with Crippen LogP contribution in [0.4, 0.5) is 0 Å². The van der Waals surface area contributed by atoms with Crippen molar-refractivity contribution in [1.29, 1.82) is 0 Å². The van der Waals surface area contributed by atoms with E-state index >= 15 is 0 Å². The third-order valence-electron chi connectivity index (χ3n) is 1.16. The van der Waals surface area contributed by atoms with Gasteiger partial charge in [-0.15, -0.1) is 11.3 Å². The second-order valence-electron chi connectivity index (χ2n) is 2.09. The van der Waals surface area contributed by atoms with E-state index in [0.29, 0.717) is 5.01 Å². The summed E-state index contributed by atoms with van der Waals surface area (Å²) in [6.07, 6.45) is 2.59. The van der Waals surface area contributed by atoms with Gasteiger partial charge in [-0.2, -0.15) is 0 Å². The number of nitrogens with one attached hydrogen (secondary N) is 1. The number of carbonyl (C=O) groups is 1. The van der Waals surface area contributed by atoms with Gasteiger partial charge in [-0.25, -0.2) is 4.98 Å². The van der Waals surface area contributed by atoms with Crippen LogP contribution in [0.25, 0.3) is 0 Å². The first-order valence-electron chi connectivity index (χ1n) is 3.52. The predicted molar refractivity (Wildman–Crippen MR) is 44.7 cm³/mol. The molecule has 0 radical (unpaired) electrons. The molecule has 0 spiro atoms. The van der Waals surface area contributed by atoms with Gasteiger partial charge in [0.05, 0.1) is 0 Å². The molecule has 4 heteroatoms. The lowest BCUT2D eigenvalue weighted by molar-refractivity contribution is 0.0953. The zero-order valence-corrected chi connectivity index (χ0v) is 7.15. The molecule has 1 N–H and O–H groups in total. The molecule has 0 aliphatic carbocycles. The van der Waals surface area contributed by atoms with E-state index in [1.807, 2.05) is 6.92 Å². The number of thiazole rings is 1. The van der Waals surface area contributed by atoms with Crippen molar-refractivity contribution in [3.63, 3.8) is 0 Å². The molecular formula is C7H10N2OS. The molecule has 1 heterocycles. The van der Waals surface area contributed by atoms with Crippen LogP contribution in [0.5, 0.6) is 0 Å². The summed E-state index contributed by atoms with van der Waals surface area (Å²) in [6, 6.07) is 0. The number of aromatic nitrogens is 1. The van der Waals surface area contributed by atoms with E-state index in [1.54, 1.807) is 11.6 Å². The Labute approximate surface area is 69.5 Å². The second kappa shape index (κ2) is 4.08. The zero-order chi connectivity index (χ0) is 8.10. The molecule has 0 unspecified atom stereocenters. The van der Waals surface area contributed by atoms with Crippen LogP contribution in [0.2, 0.25) is 0 Å². The highest BCUT2D eigenvalue weighted by atomic mass is 32.1. The van der Waals surface area contributed by atoms with Crippen molar-refractivity contribution >= 4 is 17.2 Å². The lowest BCUT2D eigenvalue weighted by atomic mass is 10.5. The molecule has 0 atom stereocenters. The average molecular weight is 170 g/mol. The maximum absolute atomic E-state index is 11.1. The first-order chi connectivity index (χ1) is 5.34. The van der Waals surface area contributed by atoms with Crippen LogP contribution in [-0.2, 0) is 0 Å². The Morgan fingerprint density at radius 2 is 2.64 bits per heavy atom. The van der Waals surface area contributed by atoms with Crippen molar-refractivity contribution in [2.45, 2.75) is 13.3 Å². The van der Waals surface area contributed by atoms with Crippen LogP contribution in [0.15, 0.2) is 11.6 Å². The fourth-order valence-corrected chi connectivity index (χ4v) is 1.20. The van der Waals surface area contributed by atoms with Gasteiger partial charge in [-0.3, -0.25) is 4.79 Å². The van der Waals surface area contributed by atoms with Gasteiger partial charge in [-0.05, 0) is 6.42 Å². The molecule has 1 rings (SSSR count). The number of amides is 1. The molecule has 0 aliphatic heterocycles. The number of hydrogen-bond acceptors (Lipinski definition) is 3. The average Bonchev–Trinajstić information content (AvgIpc) is 2.52. The quantitative estimate of drug-likeness (QED) is 0.742. The summed E-state index contributed by atoms with van der Waals surface area (Å²) in [5.74, 6) is -0.0677. The van der Waals surface area contributed by atoms with Crippen LogP contribution in [-0.4, -0.2) is 17.4 Å². The number of nitrogens with zero attached hydrogens (tertiary/aromatic N) is 1. The third kappa shape index (κ3) is 2.31. The van der Waals surface area contributed by atoms with Gasteiger partial charge >= 0.3 is 0 Å². The molecule has 0 saturated carbocycles. The van der Waals surface area contributed by atoms with E-state index in [2.05, 4.69) is 10.3 Å². The van der Waals surface area contributed by atoms with Crippen molar-refractivity contribution in [3.05, 3.63) is 16.6 Å². The monoisotopic (exact) mass is 170 g/mol. The van der Waals surface area contributed by atoms with Crippen LogP contribution in [0, 0.1) is 0 Å². The molecule has 0 aliphatic rings. The van der Waals surface area contributed by atoms with Gasteiger partial charge in [0.15, 0.2) is 5.01 Å². The van der Waals surface area contributed by atoms with Crippen molar-refractivity contribution in [2.75, 3.05) is 6.54 Å². The summed E-state index contributed by atoms with van der Waals surface area (Å²) in [7, 11) is 0. The molecule has 0 bridgehead atoms. The molecule has 1 amide bonds. The predicted octanol–water partition coefficient (Wildman–Crippen LogP) is 1.28. The van der Waals surface area contributed by atoms with E-state index in [4.69, 9.17) is 0 Å². The Morgan fingerprint density at radius 3 is 3.18 bits per heavy atom. The summed E-state index contributed by atoms with van der Waals surface area (Å²) >= 11 is 1.36. The topological polar surface area (TPSA) is 42.0 Å². The molecular weight excluding hydrogens is 160 g/mol. The van der Waals surface area contributed by atoms with Gasteiger partial charge in [0.1, 0.15) is 0 Å². The summed E-state index contributed by atoms with van der Waals surface area (Å²) in [5, 5.41) is 5.08. The van der Waals surface area contributed by atoms with Gasteiger partial charge in [0.25, 0.3) is 5.91 Å². The van der Waals surface area contributed by atoms with E-state index in [0.717, 1.165) is 13.0 Å². The molecule has 60 valence electrons. The molecule has 3 nitrogen and oxygen atoms in total. The smallest absolute Gasteiger partial charge is 0.280 e. The van der Waals surface area contributed by atoms with E-state index in [1.165, 1.54) is 11.3 Å². The number of hydrogen-bond donors (Lipinski definition) is 1. The fraction of sp³-hybridized carbons (Fsp3) is 0.429. The Bertz CT molecular complexity index is 220. The summed E-state index contributed by atoms with van der Waals surface area (Å²) in [5.41, 5.74) is 0. The van der Waals surface area contributed by atoms with Gasteiger partial charge < -0.3 is 5.32 Å². The summed E-state index contributed by atoms with van der Waals surface area (Å²) in [4.78, 5) is 15.0. The van der Waals surface area contributed by atoms with Crippen LogP contribution in [0.3, 0.4) is 0 Å². The first kappa shape index (κ1) is 8.20. The fourth-order valence-electron chi connectivity index (χ4n) is 0.650. The van der Waals surface area contributed by atoms with Crippen molar-refractivity contribution in [2.24, 2.45) is 0 Å². The minimum atomic E-state index is -0.0677. The summed E-state index contributed by atoms with van der Waals surface area (Å²) in [6.45, 7) is 2.74. The van der Waals surface area contributed by atoms with Gasteiger partial charge in [0, 0.05) is 18.1 Å². The van der Waals surface area contributed by atoms with Crippen LogP contribution >= 0.6 is 11.3 Å². The molecule has 11 heavy (non-hydrogen) atoms. The first-order valence-corrected chi connectivity index (χ1v) is 4.40. The van der Waals surface area contributed by atoms with Crippen molar-refractivity contribution in [1.82, 2.24) is 10.3 Å². The molecule has 0 saturated heterocycles. The van der Waals surface area contributed by atoms with Crippen LogP contribution < -0.4 is 5.32 Å². The second-order valence-corrected chi connectivity index (χ2v) is 2.99. The van der Waals surface area contributed by atoms with E-state index in [-0.39, 0.29) is 5.91 Å². The molecule has 1 aromatic heterocycles. The van der Waals surface area contributed by atoms with Crippen LogP contribution in [0.1, 0.15) is 23.1 Å². The van der Waals surface area contributed by atoms with Crippen molar-refractivity contribution in [3.8, 4) is 0 Å². The Morgan fingerprint density at radius 1 is 1.82 bits per heavy atom. The standard InChI is InChI=1S/C7H10N2OS/c1-2-3-8-6(10)7-9-4-5-11-7/h4-5H,2-3H2,1H3,(H,8,10). The van der Waals surface area contributed by atoms with Gasteiger partial charge in [0.2, 0.25) is 0 Å². The van der Waals surface area contributed by atoms with E-state index < -0.39 is 0 Å². The Hall–Kier alpha value is -0.900. The largest absolute Gasteiger partial charge is 0.350 e. The zero-order valence-electron chi connectivity index (χ0n) is 6.33. The minimum Gasteiger partial charge on any atom is -0.350 e. The maximum Gasteiger partial charge on any atom is 0.280 e. The van der Waals surface area contributed by atoms with Crippen molar-refractivity contribution < 1.29 is 4.79 Å². The van der Waals surface area contributed by atoms with Gasteiger partial charge in [-0.1, -0.05) is 6.92 Å². The summed E-state index contributed by atoms with van der Waals surface area (Å²) < 4.78 is 0. The lowest BCUT2D eigenvalue weighted by Crippen LogP contribution is -2.23. The number of carbonyl (C=O) groups excluding carboxylic acids is 1. The highest BCUT2D eigenvalue weighted by molar-refractivity contribution is 7.11. The maximum atomic E-state index is 11.1. The third-order valence-corrected chi connectivity index (χ3v) is 1.93. The normalized spacial score (nSPS) is 9.55. The molecule has 0 fully saturated rings. The Kier molecular flexibility index (Phi) is 3.04. The molecule has 0 aromatic carbocycles. The minimum absolute atomic E-state index is 0.0677. The Balaban J connectivity index is 2.43. The van der Waals surface area contributed by atoms with E-state index in [9.17, 15) is 4.79 Å². The molecule has 1 aromatic rings. The highest BCUT2D eigenvalue weighted by Crippen LogP contribution is 2.02. The lowest BCUT2D eigenvalue weighted by Gasteiger charge is -1.97. The number of rotatable bonds is 3. The SMILES string of the molecule is CCCNC(=O)c1nccs1.